The summed E-state index contributed by atoms with van der Waals surface area (Å²) >= 11 is 5.86. The van der Waals surface area contributed by atoms with Gasteiger partial charge in [0.1, 0.15) is 6.54 Å². The van der Waals surface area contributed by atoms with E-state index in [-0.39, 0.29) is 12.5 Å². The van der Waals surface area contributed by atoms with E-state index in [0.717, 1.165) is 10.2 Å². The molecule has 0 fully saturated rings. The van der Waals surface area contributed by atoms with Crippen LogP contribution in [0.15, 0.2) is 59.5 Å². The lowest BCUT2D eigenvalue weighted by Gasteiger charge is -2.09. The van der Waals surface area contributed by atoms with Gasteiger partial charge in [-0.05, 0) is 35.7 Å². The van der Waals surface area contributed by atoms with Gasteiger partial charge in [-0.15, -0.1) is 0 Å². The first kappa shape index (κ1) is 18.8. The lowest BCUT2D eigenvalue weighted by atomic mass is 10.0. The van der Waals surface area contributed by atoms with Crippen molar-refractivity contribution in [3.8, 4) is 11.3 Å². The van der Waals surface area contributed by atoms with Crippen molar-refractivity contribution in [2.24, 2.45) is 0 Å². The molecule has 0 radical (unpaired) electrons. The molecule has 1 heterocycles. The number of halogens is 1. The van der Waals surface area contributed by atoms with Gasteiger partial charge < -0.3 is 5.32 Å². The molecule has 27 heavy (non-hydrogen) atoms. The van der Waals surface area contributed by atoms with Crippen molar-refractivity contribution >= 4 is 23.2 Å². The molecule has 3 aromatic rings. The highest BCUT2D eigenvalue weighted by Crippen LogP contribution is 2.18. The minimum absolute atomic E-state index is 0.210. The summed E-state index contributed by atoms with van der Waals surface area (Å²) in [5, 5.41) is 7.39. The summed E-state index contributed by atoms with van der Waals surface area (Å²) in [5.74, 6) is 0.0747. The minimum atomic E-state index is -0.590. The Kier molecular flexibility index (Phi) is 5.66. The van der Waals surface area contributed by atoms with Gasteiger partial charge in [0, 0.05) is 16.3 Å². The predicted octanol–water partition coefficient (Wildman–Crippen LogP) is 3.72. The maximum atomic E-state index is 12.2. The lowest BCUT2D eigenvalue weighted by Crippen LogP contribution is -2.31. The number of amides is 1. The van der Waals surface area contributed by atoms with E-state index in [1.807, 2.05) is 24.3 Å². The molecule has 0 spiro atoms. The zero-order valence-electron chi connectivity index (χ0n) is 15.0. The van der Waals surface area contributed by atoms with Crippen LogP contribution in [0.5, 0.6) is 0 Å². The number of carbonyl (C=O) groups is 1. The first-order chi connectivity index (χ1) is 12.9. The monoisotopic (exact) mass is 382 g/mol. The number of anilines is 1. The fourth-order valence-corrected chi connectivity index (χ4v) is 2.65. The Balaban J connectivity index is 1.69. The van der Waals surface area contributed by atoms with E-state index in [4.69, 9.17) is 11.6 Å². The summed E-state index contributed by atoms with van der Waals surface area (Å²) in [6.07, 6.45) is 1.45. The average Bonchev–Trinajstić information content (AvgIpc) is 2.64. The third-order valence-corrected chi connectivity index (χ3v) is 4.30. The Bertz CT molecular complexity index is 996. The highest BCUT2D eigenvalue weighted by molar-refractivity contribution is 6.30. The van der Waals surface area contributed by atoms with Crippen LogP contribution in [0, 0.1) is 0 Å². The molecule has 0 aliphatic carbocycles. The van der Waals surface area contributed by atoms with Gasteiger partial charge in [-0.2, -0.15) is 10.1 Å². The first-order valence-electron chi connectivity index (χ1n) is 8.52. The minimum Gasteiger partial charge on any atom is -0.324 e. The summed E-state index contributed by atoms with van der Waals surface area (Å²) in [7, 11) is 0. The van der Waals surface area contributed by atoms with E-state index in [0.29, 0.717) is 22.3 Å². The molecule has 0 saturated carbocycles. The number of nitrogens with one attached hydrogen (secondary N) is 1. The van der Waals surface area contributed by atoms with E-state index >= 15 is 0 Å². The Morgan fingerprint density at radius 2 is 1.78 bits per heavy atom. The molecule has 0 unspecified atom stereocenters. The number of benzene rings is 2. The smallest absolute Gasteiger partial charge is 0.324 e. The highest BCUT2D eigenvalue weighted by Gasteiger charge is 2.09. The average molecular weight is 383 g/mol. The van der Waals surface area contributed by atoms with E-state index in [1.165, 1.54) is 11.8 Å². The molecule has 1 N–H and O–H groups in total. The number of rotatable bonds is 5. The van der Waals surface area contributed by atoms with Crippen molar-refractivity contribution in [1.82, 2.24) is 14.8 Å². The van der Waals surface area contributed by atoms with Gasteiger partial charge in [0.25, 0.3) is 0 Å². The van der Waals surface area contributed by atoms with E-state index in [9.17, 15) is 9.59 Å². The molecule has 3 rings (SSSR count). The fourth-order valence-electron chi connectivity index (χ4n) is 2.52. The Labute approximate surface area is 161 Å². The van der Waals surface area contributed by atoms with E-state index < -0.39 is 5.69 Å². The van der Waals surface area contributed by atoms with Gasteiger partial charge in [-0.25, -0.2) is 9.48 Å². The van der Waals surface area contributed by atoms with E-state index in [2.05, 4.69) is 29.2 Å². The van der Waals surface area contributed by atoms with Crippen LogP contribution in [0.25, 0.3) is 11.3 Å². The summed E-state index contributed by atoms with van der Waals surface area (Å²) in [4.78, 5) is 28.3. The molecule has 1 aromatic heterocycles. The first-order valence-corrected chi connectivity index (χ1v) is 8.90. The Morgan fingerprint density at radius 3 is 2.37 bits per heavy atom. The predicted molar refractivity (Wildman–Crippen MR) is 106 cm³/mol. The normalized spacial score (nSPS) is 10.8. The van der Waals surface area contributed by atoms with Crippen molar-refractivity contribution in [2.45, 2.75) is 26.3 Å². The van der Waals surface area contributed by atoms with Gasteiger partial charge in [0.15, 0.2) is 0 Å². The van der Waals surface area contributed by atoms with Crippen LogP contribution in [-0.4, -0.2) is 20.7 Å². The Morgan fingerprint density at radius 1 is 1.11 bits per heavy atom. The molecule has 0 bridgehead atoms. The molecule has 2 aromatic carbocycles. The molecule has 138 valence electrons. The second kappa shape index (κ2) is 8.14. The molecule has 6 nitrogen and oxygen atoms in total. The van der Waals surface area contributed by atoms with Crippen LogP contribution in [0.3, 0.4) is 0 Å². The van der Waals surface area contributed by atoms with Crippen LogP contribution in [0.1, 0.15) is 25.3 Å². The van der Waals surface area contributed by atoms with Gasteiger partial charge in [-0.3, -0.25) is 4.79 Å². The van der Waals surface area contributed by atoms with Gasteiger partial charge >= 0.3 is 5.69 Å². The molecule has 0 aliphatic heterocycles. The molecule has 0 aliphatic rings. The number of carbonyl (C=O) groups excluding carboxylic acids is 1. The second-order valence-corrected chi connectivity index (χ2v) is 6.85. The third kappa shape index (κ3) is 4.80. The van der Waals surface area contributed by atoms with Crippen LogP contribution in [0.2, 0.25) is 5.02 Å². The van der Waals surface area contributed by atoms with Gasteiger partial charge in [-0.1, -0.05) is 49.7 Å². The maximum Gasteiger partial charge on any atom is 0.365 e. The number of aromatic nitrogens is 3. The highest BCUT2D eigenvalue weighted by atomic mass is 35.5. The second-order valence-electron chi connectivity index (χ2n) is 6.41. The van der Waals surface area contributed by atoms with Crippen LogP contribution in [0.4, 0.5) is 5.69 Å². The van der Waals surface area contributed by atoms with Crippen molar-refractivity contribution in [2.75, 3.05) is 5.32 Å². The van der Waals surface area contributed by atoms with Crippen molar-refractivity contribution in [1.29, 1.82) is 0 Å². The van der Waals surface area contributed by atoms with E-state index in [1.54, 1.807) is 24.3 Å². The summed E-state index contributed by atoms with van der Waals surface area (Å²) in [5.41, 5.74) is 2.42. The molecule has 0 saturated heterocycles. The number of nitrogens with zero attached hydrogens (tertiary/aromatic N) is 3. The van der Waals surface area contributed by atoms with Crippen molar-refractivity contribution in [3.63, 3.8) is 0 Å². The van der Waals surface area contributed by atoms with Crippen molar-refractivity contribution < 1.29 is 4.79 Å². The summed E-state index contributed by atoms with van der Waals surface area (Å²) < 4.78 is 1.03. The fraction of sp³-hybridized carbons (Fsp3) is 0.200. The zero-order chi connectivity index (χ0) is 19.4. The van der Waals surface area contributed by atoms with Gasteiger partial charge in [0.2, 0.25) is 5.91 Å². The maximum absolute atomic E-state index is 12.2. The Hall–Kier alpha value is -2.99. The molecule has 1 amide bonds. The lowest BCUT2D eigenvalue weighted by molar-refractivity contribution is -0.117. The standard InChI is InChI=1S/C20H19ClN4O2/c1-13(2)14-5-9-17(10-6-14)23-19(26)12-25-20(27)24-18(11-22-25)15-3-7-16(21)8-4-15/h3-11,13H,12H2,1-2H3,(H,23,26). The number of hydrogen-bond donors (Lipinski definition) is 1. The van der Waals surface area contributed by atoms with Crippen molar-refractivity contribution in [3.05, 3.63) is 75.8 Å². The number of hydrogen-bond acceptors (Lipinski definition) is 4. The van der Waals surface area contributed by atoms with Crippen LogP contribution in [-0.2, 0) is 11.3 Å². The SMILES string of the molecule is CC(C)c1ccc(NC(=O)Cn2ncc(-c3ccc(Cl)cc3)nc2=O)cc1. The molecular formula is C20H19ClN4O2. The summed E-state index contributed by atoms with van der Waals surface area (Å²) in [6, 6.07) is 14.5. The topological polar surface area (TPSA) is 76.9 Å². The van der Waals surface area contributed by atoms with Crippen LogP contribution >= 0.6 is 11.6 Å². The molecular weight excluding hydrogens is 364 g/mol. The third-order valence-electron chi connectivity index (χ3n) is 4.05. The summed E-state index contributed by atoms with van der Waals surface area (Å²) in [6.45, 7) is 4.00. The molecule has 7 heteroatoms. The van der Waals surface area contributed by atoms with Gasteiger partial charge in [0.05, 0.1) is 11.9 Å². The zero-order valence-corrected chi connectivity index (χ0v) is 15.8. The van der Waals surface area contributed by atoms with Crippen LogP contribution < -0.4 is 11.0 Å². The molecule has 0 atom stereocenters. The quantitative estimate of drug-likeness (QED) is 0.729. The largest absolute Gasteiger partial charge is 0.365 e.